The van der Waals surface area contributed by atoms with Gasteiger partial charge in [-0.05, 0) is 79.6 Å². The molecule has 0 aliphatic heterocycles. The molecule has 5 nitrogen and oxygen atoms in total. The van der Waals surface area contributed by atoms with E-state index in [0.717, 1.165) is 16.7 Å². The molecule has 0 saturated carbocycles. The molecular weight excluding hydrogens is 432 g/mol. The van der Waals surface area contributed by atoms with Crippen LogP contribution in [0.25, 0.3) is 0 Å². The van der Waals surface area contributed by atoms with E-state index in [1.165, 1.54) is 16.7 Å². The van der Waals surface area contributed by atoms with E-state index in [0.29, 0.717) is 12.8 Å². The van der Waals surface area contributed by atoms with Crippen LogP contribution in [0.15, 0.2) is 71.6 Å². The summed E-state index contributed by atoms with van der Waals surface area (Å²) in [6.45, 7) is 8.47. The van der Waals surface area contributed by atoms with E-state index in [4.69, 9.17) is 0 Å². The molecule has 33 heavy (non-hydrogen) atoms. The van der Waals surface area contributed by atoms with Crippen LogP contribution in [0.5, 0.6) is 0 Å². The van der Waals surface area contributed by atoms with Crippen LogP contribution < -0.4 is 10.0 Å². The van der Waals surface area contributed by atoms with E-state index >= 15 is 0 Å². The number of amides is 1. The first-order valence-corrected chi connectivity index (χ1v) is 12.6. The Morgan fingerprint density at radius 3 is 2.15 bits per heavy atom. The average Bonchev–Trinajstić information content (AvgIpc) is 2.79. The Bertz CT molecular complexity index is 1200. The van der Waals surface area contributed by atoms with Gasteiger partial charge in [-0.1, -0.05) is 54.6 Å². The zero-order chi connectivity index (χ0) is 24.0. The fraction of sp³-hybridized carbons (Fsp3) is 0.296. The zero-order valence-electron chi connectivity index (χ0n) is 19.7. The predicted octanol–water partition coefficient (Wildman–Crippen LogP) is 4.90. The molecule has 6 heteroatoms. The molecule has 1 amide bonds. The highest BCUT2D eigenvalue weighted by atomic mass is 32.2. The van der Waals surface area contributed by atoms with Crippen molar-refractivity contribution in [3.05, 3.63) is 100 Å². The molecule has 0 unspecified atom stereocenters. The summed E-state index contributed by atoms with van der Waals surface area (Å²) in [6, 6.07) is 20.3. The van der Waals surface area contributed by atoms with Crippen LogP contribution >= 0.6 is 0 Å². The number of rotatable bonds is 9. The summed E-state index contributed by atoms with van der Waals surface area (Å²) in [5.74, 6) is -0.0265. The van der Waals surface area contributed by atoms with Crippen LogP contribution in [0.3, 0.4) is 0 Å². The van der Waals surface area contributed by atoms with Crippen LogP contribution in [0, 0.1) is 20.8 Å². The van der Waals surface area contributed by atoms with Crippen LogP contribution in [-0.2, 0) is 27.8 Å². The first-order valence-electron chi connectivity index (χ1n) is 11.2. The first-order chi connectivity index (χ1) is 15.7. The molecule has 174 valence electrons. The van der Waals surface area contributed by atoms with E-state index in [1.807, 2.05) is 37.3 Å². The lowest BCUT2D eigenvalue weighted by Crippen LogP contribution is -2.27. The molecule has 0 spiro atoms. The second-order valence-corrected chi connectivity index (χ2v) is 10.3. The Labute approximate surface area is 197 Å². The number of aryl methyl sites for hydroxylation is 4. The number of carbonyl (C=O) groups excluding carboxylic acids is 1. The van der Waals surface area contributed by atoms with Gasteiger partial charge in [-0.3, -0.25) is 4.79 Å². The minimum absolute atomic E-state index is 0.0265. The Morgan fingerprint density at radius 2 is 1.48 bits per heavy atom. The maximum Gasteiger partial charge on any atom is 0.240 e. The van der Waals surface area contributed by atoms with Crippen molar-refractivity contribution in [1.29, 1.82) is 0 Å². The molecule has 0 radical (unpaired) electrons. The monoisotopic (exact) mass is 464 g/mol. The summed E-state index contributed by atoms with van der Waals surface area (Å²) in [5.41, 5.74) is 6.57. The van der Waals surface area contributed by atoms with Crippen LogP contribution in [0.4, 0.5) is 0 Å². The van der Waals surface area contributed by atoms with E-state index in [-0.39, 0.29) is 23.4 Å². The van der Waals surface area contributed by atoms with Gasteiger partial charge in [0, 0.05) is 13.0 Å². The molecule has 3 aromatic rings. The highest BCUT2D eigenvalue weighted by molar-refractivity contribution is 7.89. The summed E-state index contributed by atoms with van der Waals surface area (Å²) in [7, 11) is -3.59. The summed E-state index contributed by atoms with van der Waals surface area (Å²) < 4.78 is 27.7. The molecule has 1 atom stereocenters. The van der Waals surface area contributed by atoms with Crippen molar-refractivity contribution in [2.75, 3.05) is 0 Å². The Kier molecular flexibility index (Phi) is 8.06. The Hall–Kier alpha value is -2.96. The molecular formula is C27H32N2O3S. The molecule has 2 N–H and O–H groups in total. The third-order valence-electron chi connectivity index (χ3n) is 5.91. The maximum absolute atomic E-state index is 12.5. The maximum atomic E-state index is 12.5. The molecule has 0 aromatic heterocycles. The van der Waals surface area contributed by atoms with Crippen LogP contribution in [0.1, 0.15) is 52.8 Å². The van der Waals surface area contributed by atoms with Crippen LogP contribution in [0.2, 0.25) is 0 Å². The molecule has 3 aromatic carbocycles. The van der Waals surface area contributed by atoms with Gasteiger partial charge >= 0.3 is 0 Å². The fourth-order valence-electron chi connectivity index (χ4n) is 3.79. The standard InChI is InChI=1S/C27H32N2O3S/c1-19-16-21(3)26(17-20(19)2)22(4)29-27(30)15-12-23-10-13-25(14-11-23)33(31,32)28-18-24-8-6-5-7-9-24/h5-11,13-14,16-17,22,28H,12,15,18H2,1-4H3,(H,29,30)/t22-/m0/s1. The van der Waals surface area contributed by atoms with Crippen molar-refractivity contribution in [1.82, 2.24) is 10.0 Å². The van der Waals surface area contributed by atoms with Gasteiger partial charge in [0.1, 0.15) is 0 Å². The van der Waals surface area contributed by atoms with Gasteiger partial charge in [0.2, 0.25) is 15.9 Å². The zero-order valence-corrected chi connectivity index (χ0v) is 20.5. The number of carbonyl (C=O) groups is 1. The highest BCUT2D eigenvalue weighted by Crippen LogP contribution is 2.22. The van der Waals surface area contributed by atoms with Crippen LogP contribution in [-0.4, -0.2) is 14.3 Å². The number of benzene rings is 3. The molecule has 0 saturated heterocycles. The second-order valence-electron chi connectivity index (χ2n) is 8.54. The first kappa shape index (κ1) is 24.7. The second kappa shape index (κ2) is 10.8. The highest BCUT2D eigenvalue weighted by Gasteiger charge is 2.15. The molecule has 0 aliphatic carbocycles. The van der Waals surface area contributed by atoms with Gasteiger partial charge in [-0.15, -0.1) is 0 Å². The van der Waals surface area contributed by atoms with Gasteiger partial charge in [0.05, 0.1) is 10.9 Å². The minimum atomic E-state index is -3.59. The molecule has 3 rings (SSSR count). The third-order valence-corrected chi connectivity index (χ3v) is 7.33. The Morgan fingerprint density at radius 1 is 0.848 bits per heavy atom. The summed E-state index contributed by atoms with van der Waals surface area (Å²) >= 11 is 0. The lowest BCUT2D eigenvalue weighted by atomic mass is 9.96. The van der Waals surface area contributed by atoms with Crippen molar-refractivity contribution in [3.63, 3.8) is 0 Å². The lowest BCUT2D eigenvalue weighted by Gasteiger charge is -2.18. The van der Waals surface area contributed by atoms with Crippen molar-refractivity contribution in [3.8, 4) is 0 Å². The SMILES string of the molecule is Cc1cc(C)c([C@H](C)NC(=O)CCc2ccc(S(=O)(=O)NCc3ccccc3)cc2)cc1C. The summed E-state index contributed by atoms with van der Waals surface area (Å²) in [5, 5.41) is 3.08. The molecule has 0 fully saturated rings. The molecule has 0 bridgehead atoms. The topological polar surface area (TPSA) is 75.3 Å². The summed E-state index contributed by atoms with van der Waals surface area (Å²) in [4.78, 5) is 12.7. The normalized spacial score (nSPS) is 12.4. The fourth-order valence-corrected chi connectivity index (χ4v) is 4.81. The van der Waals surface area contributed by atoms with Crippen molar-refractivity contribution in [2.45, 2.75) is 58.0 Å². The summed E-state index contributed by atoms with van der Waals surface area (Å²) in [6.07, 6.45) is 0.884. The van der Waals surface area contributed by atoms with Crippen molar-refractivity contribution < 1.29 is 13.2 Å². The third kappa shape index (κ3) is 6.76. The molecule has 0 aliphatic rings. The number of hydrogen-bond acceptors (Lipinski definition) is 3. The van der Waals surface area contributed by atoms with Gasteiger partial charge < -0.3 is 5.32 Å². The van der Waals surface area contributed by atoms with Gasteiger partial charge in [0.25, 0.3) is 0 Å². The van der Waals surface area contributed by atoms with E-state index < -0.39 is 10.0 Å². The lowest BCUT2D eigenvalue weighted by molar-refractivity contribution is -0.121. The van der Waals surface area contributed by atoms with Crippen molar-refractivity contribution >= 4 is 15.9 Å². The van der Waals surface area contributed by atoms with Gasteiger partial charge in [0.15, 0.2) is 0 Å². The number of nitrogens with one attached hydrogen (secondary N) is 2. The Balaban J connectivity index is 1.53. The smallest absolute Gasteiger partial charge is 0.240 e. The van der Waals surface area contributed by atoms with E-state index in [1.54, 1.807) is 24.3 Å². The largest absolute Gasteiger partial charge is 0.350 e. The molecule has 0 heterocycles. The van der Waals surface area contributed by atoms with Gasteiger partial charge in [-0.25, -0.2) is 13.1 Å². The quantitative estimate of drug-likeness (QED) is 0.473. The minimum Gasteiger partial charge on any atom is -0.350 e. The number of sulfonamides is 1. The van der Waals surface area contributed by atoms with Gasteiger partial charge in [-0.2, -0.15) is 0 Å². The van der Waals surface area contributed by atoms with E-state index in [9.17, 15) is 13.2 Å². The number of hydrogen-bond donors (Lipinski definition) is 2. The van der Waals surface area contributed by atoms with E-state index in [2.05, 4.69) is 42.9 Å². The van der Waals surface area contributed by atoms with Crippen molar-refractivity contribution in [2.24, 2.45) is 0 Å². The predicted molar refractivity (Wildman–Crippen MR) is 132 cm³/mol. The average molecular weight is 465 g/mol.